The van der Waals surface area contributed by atoms with Gasteiger partial charge >= 0.3 is 0 Å². The molecule has 1 saturated carbocycles. The van der Waals surface area contributed by atoms with Crippen molar-refractivity contribution in [2.24, 2.45) is 5.41 Å². The summed E-state index contributed by atoms with van der Waals surface area (Å²) in [6.07, 6.45) is 7.04. The predicted octanol–water partition coefficient (Wildman–Crippen LogP) is 4.43. The standard InChI is InChI=1S/C33H37N7O5S/c1-4-29(41)39-10-9-33(19-39)16-23(17-33)40-25-6-5-22(37(3)31(43)21(2)38-11-13-44-14-12-38)15-24(25)35-32(40)36-30(42)28-8-7-27(46-28)26-18-34-20-45-26/h4-8,15,18,20-21,23H,1,9-14,16-17,19H2,2-3H3,(H,35,36,42)/t21-,23?,33?/m0/s1. The molecule has 1 aliphatic carbocycles. The Labute approximate surface area is 270 Å². The lowest BCUT2D eigenvalue weighted by Gasteiger charge is -2.46. The van der Waals surface area contributed by atoms with Crippen molar-refractivity contribution in [3.63, 3.8) is 0 Å². The molecule has 0 bridgehead atoms. The van der Waals surface area contributed by atoms with E-state index in [0.29, 0.717) is 41.9 Å². The number of hydrogen-bond acceptors (Lipinski definition) is 9. The number of nitrogens with one attached hydrogen (secondary N) is 1. The smallest absolute Gasteiger partial charge is 0.268 e. The summed E-state index contributed by atoms with van der Waals surface area (Å²) in [4.78, 5) is 55.2. The molecule has 2 aliphatic heterocycles. The van der Waals surface area contributed by atoms with E-state index in [0.717, 1.165) is 55.0 Å². The number of anilines is 2. The molecule has 3 amide bonds. The summed E-state index contributed by atoms with van der Waals surface area (Å²) in [5, 5.41) is 3.07. The fourth-order valence-corrected chi connectivity index (χ4v) is 7.94. The van der Waals surface area contributed by atoms with Gasteiger partial charge in [0.1, 0.15) is 0 Å². The molecule has 5 heterocycles. The van der Waals surface area contributed by atoms with Crippen LogP contribution >= 0.6 is 11.3 Å². The van der Waals surface area contributed by atoms with Crippen molar-refractivity contribution >= 4 is 51.7 Å². The van der Waals surface area contributed by atoms with E-state index >= 15 is 0 Å². The van der Waals surface area contributed by atoms with E-state index in [1.54, 1.807) is 24.2 Å². The number of thiophene rings is 1. The molecule has 0 unspecified atom stereocenters. The van der Waals surface area contributed by atoms with Crippen LogP contribution in [0.15, 0.2) is 60.0 Å². The van der Waals surface area contributed by atoms with Crippen molar-refractivity contribution in [2.45, 2.75) is 38.3 Å². The van der Waals surface area contributed by atoms with Gasteiger partial charge in [-0.25, -0.2) is 9.97 Å². The largest absolute Gasteiger partial charge is 0.443 e. The Balaban J connectivity index is 1.16. The number of benzene rings is 1. The summed E-state index contributed by atoms with van der Waals surface area (Å²) in [7, 11) is 1.79. The summed E-state index contributed by atoms with van der Waals surface area (Å²) < 4.78 is 13.0. The van der Waals surface area contributed by atoms with Gasteiger partial charge < -0.3 is 23.5 Å². The molecule has 12 nitrogen and oxygen atoms in total. The van der Waals surface area contributed by atoms with Gasteiger partial charge in [-0.2, -0.15) is 0 Å². The fraction of sp³-hybridized carbons (Fsp3) is 0.424. The zero-order chi connectivity index (χ0) is 32.0. The summed E-state index contributed by atoms with van der Waals surface area (Å²) in [6, 6.07) is 9.25. The molecule has 1 N–H and O–H groups in total. The van der Waals surface area contributed by atoms with E-state index in [2.05, 4.69) is 26.3 Å². The van der Waals surface area contributed by atoms with Gasteiger partial charge in [-0.15, -0.1) is 11.3 Å². The number of rotatable bonds is 8. The highest BCUT2D eigenvalue weighted by atomic mass is 32.1. The number of likely N-dealkylation sites (N-methyl/N-ethyl adjacent to an activating group) is 1. The first-order valence-electron chi connectivity index (χ1n) is 15.6. The third kappa shape index (κ3) is 5.52. The Morgan fingerprint density at radius 3 is 2.72 bits per heavy atom. The second-order valence-corrected chi connectivity index (χ2v) is 13.5. The number of likely N-dealkylation sites (tertiary alicyclic amines) is 1. The van der Waals surface area contributed by atoms with Crippen LogP contribution in [0.3, 0.4) is 0 Å². The number of imidazole rings is 1. The lowest BCUT2D eigenvalue weighted by atomic mass is 9.65. The van der Waals surface area contributed by atoms with Crippen LogP contribution in [0.4, 0.5) is 11.6 Å². The second-order valence-electron chi connectivity index (χ2n) is 12.5. The number of nitrogens with zero attached hydrogens (tertiary/aromatic N) is 6. The van der Waals surface area contributed by atoms with Crippen LogP contribution in [0.25, 0.3) is 21.7 Å². The van der Waals surface area contributed by atoms with Crippen molar-refractivity contribution in [2.75, 3.05) is 56.7 Å². The third-order valence-corrected chi connectivity index (χ3v) is 10.8. The van der Waals surface area contributed by atoms with Crippen molar-refractivity contribution in [1.29, 1.82) is 0 Å². The van der Waals surface area contributed by atoms with E-state index in [1.807, 2.05) is 36.1 Å². The van der Waals surface area contributed by atoms with E-state index in [9.17, 15) is 14.4 Å². The fourth-order valence-electron chi connectivity index (χ4n) is 7.08. The average molecular weight is 644 g/mol. The van der Waals surface area contributed by atoms with Gasteiger partial charge in [-0.3, -0.25) is 24.6 Å². The monoisotopic (exact) mass is 643 g/mol. The van der Waals surface area contributed by atoms with Crippen LogP contribution in [-0.4, -0.2) is 94.5 Å². The minimum Gasteiger partial charge on any atom is -0.443 e. The van der Waals surface area contributed by atoms with E-state index in [-0.39, 0.29) is 35.2 Å². The minimum atomic E-state index is -0.283. The van der Waals surface area contributed by atoms with Gasteiger partial charge in [0.15, 0.2) is 12.2 Å². The van der Waals surface area contributed by atoms with Gasteiger partial charge in [-0.05, 0) is 68.0 Å². The van der Waals surface area contributed by atoms with Gasteiger partial charge in [-0.1, -0.05) is 6.58 Å². The van der Waals surface area contributed by atoms with Crippen LogP contribution in [0, 0.1) is 5.41 Å². The quantitative estimate of drug-likeness (QED) is 0.280. The Kier molecular flexibility index (Phi) is 7.99. The molecule has 46 heavy (non-hydrogen) atoms. The molecule has 0 radical (unpaired) electrons. The normalized spacial score (nSPS) is 22.1. The molecule has 3 aliphatic rings. The average Bonchev–Trinajstić information content (AvgIpc) is 3.88. The maximum Gasteiger partial charge on any atom is 0.268 e. The van der Waals surface area contributed by atoms with Gasteiger partial charge in [0.2, 0.25) is 17.8 Å². The molecule has 2 saturated heterocycles. The molecule has 240 valence electrons. The lowest BCUT2D eigenvalue weighted by Crippen LogP contribution is -2.50. The molecule has 1 spiro atoms. The first-order valence-corrected chi connectivity index (χ1v) is 16.4. The summed E-state index contributed by atoms with van der Waals surface area (Å²) in [5.41, 5.74) is 2.35. The molecule has 7 rings (SSSR count). The van der Waals surface area contributed by atoms with Crippen molar-refractivity contribution in [1.82, 2.24) is 24.3 Å². The maximum absolute atomic E-state index is 13.5. The molecular formula is C33H37N7O5S. The topological polar surface area (TPSA) is 126 Å². The Morgan fingerprint density at radius 2 is 1.98 bits per heavy atom. The summed E-state index contributed by atoms with van der Waals surface area (Å²) in [6.45, 7) is 9.70. The number of hydrogen-bond donors (Lipinski definition) is 1. The number of carbonyl (C=O) groups is 3. The zero-order valence-electron chi connectivity index (χ0n) is 26.0. The summed E-state index contributed by atoms with van der Waals surface area (Å²) >= 11 is 1.32. The highest BCUT2D eigenvalue weighted by Gasteiger charge is 2.50. The molecule has 3 aromatic heterocycles. The van der Waals surface area contributed by atoms with Crippen LogP contribution in [-0.2, 0) is 14.3 Å². The Bertz CT molecular complexity index is 1780. The molecule has 13 heteroatoms. The van der Waals surface area contributed by atoms with Crippen LogP contribution < -0.4 is 10.2 Å². The molecular weight excluding hydrogens is 606 g/mol. The Hall–Kier alpha value is -4.33. The zero-order valence-corrected chi connectivity index (χ0v) is 26.8. The molecule has 1 aromatic carbocycles. The first-order chi connectivity index (χ1) is 22.2. The SMILES string of the molecule is C=CC(=O)N1CCC2(CC(n3c(NC(=O)c4ccc(-c5cnco5)s4)nc4cc(N(C)C(=O)[C@H](C)N5CCOCC5)ccc43)C2)C1. The van der Waals surface area contributed by atoms with Crippen molar-refractivity contribution in [3.05, 3.63) is 60.5 Å². The van der Waals surface area contributed by atoms with Crippen molar-refractivity contribution < 1.29 is 23.5 Å². The Morgan fingerprint density at radius 1 is 1.17 bits per heavy atom. The molecule has 4 aromatic rings. The van der Waals surface area contributed by atoms with Crippen molar-refractivity contribution in [3.8, 4) is 10.6 Å². The van der Waals surface area contributed by atoms with Gasteiger partial charge in [0.25, 0.3) is 5.91 Å². The molecule has 3 fully saturated rings. The summed E-state index contributed by atoms with van der Waals surface area (Å²) in [5.74, 6) is 0.758. The van der Waals surface area contributed by atoms with Crippen LogP contribution in [0.5, 0.6) is 0 Å². The lowest BCUT2D eigenvalue weighted by molar-refractivity contribution is -0.126. The second kappa shape index (κ2) is 12.1. The van der Waals surface area contributed by atoms with E-state index in [1.165, 1.54) is 23.8 Å². The van der Waals surface area contributed by atoms with Crippen LogP contribution in [0.1, 0.15) is 41.9 Å². The third-order valence-electron chi connectivity index (χ3n) is 9.70. The molecule has 1 atom stereocenters. The number of carbonyl (C=O) groups excluding carboxylic acids is 3. The van der Waals surface area contributed by atoms with Gasteiger partial charge in [0, 0.05) is 45.0 Å². The number of morpholine rings is 1. The maximum atomic E-state index is 13.5. The highest BCUT2D eigenvalue weighted by molar-refractivity contribution is 7.17. The van der Waals surface area contributed by atoms with E-state index < -0.39 is 0 Å². The number of amides is 3. The van der Waals surface area contributed by atoms with Gasteiger partial charge in [0.05, 0.1) is 46.2 Å². The first kappa shape index (κ1) is 30.3. The highest BCUT2D eigenvalue weighted by Crippen LogP contribution is 2.55. The number of fused-ring (bicyclic) bond motifs is 1. The predicted molar refractivity (Wildman–Crippen MR) is 175 cm³/mol. The van der Waals surface area contributed by atoms with E-state index in [4.69, 9.17) is 14.1 Å². The number of oxazole rings is 1. The van der Waals surface area contributed by atoms with Crippen LogP contribution in [0.2, 0.25) is 0 Å². The number of aromatic nitrogens is 3. The number of ether oxygens (including phenoxy) is 1. The minimum absolute atomic E-state index is 0.00439.